The molecular formula is C15H25NO. The summed E-state index contributed by atoms with van der Waals surface area (Å²) in [5.41, 5.74) is 7.44. The highest BCUT2D eigenvalue weighted by molar-refractivity contribution is 5.19. The second-order valence-corrected chi connectivity index (χ2v) is 4.86. The lowest BCUT2D eigenvalue weighted by Gasteiger charge is -2.25. The first-order valence-electron chi connectivity index (χ1n) is 6.52. The van der Waals surface area contributed by atoms with Crippen LogP contribution in [0.25, 0.3) is 0 Å². The lowest BCUT2D eigenvalue weighted by Crippen LogP contribution is -2.31. The quantitative estimate of drug-likeness (QED) is 0.784. The van der Waals surface area contributed by atoms with Crippen molar-refractivity contribution in [3.05, 3.63) is 35.9 Å². The first-order valence-corrected chi connectivity index (χ1v) is 6.52. The zero-order chi connectivity index (χ0) is 12.7. The Morgan fingerprint density at radius 3 is 2.41 bits per heavy atom. The van der Waals surface area contributed by atoms with Crippen LogP contribution in [0.5, 0.6) is 0 Å². The van der Waals surface area contributed by atoms with Gasteiger partial charge in [-0.15, -0.1) is 0 Å². The van der Waals surface area contributed by atoms with Gasteiger partial charge < -0.3 is 10.5 Å². The van der Waals surface area contributed by atoms with Gasteiger partial charge in [0.2, 0.25) is 0 Å². The molecule has 0 saturated heterocycles. The van der Waals surface area contributed by atoms with Crippen molar-refractivity contribution >= 4 is 0 Å². The van der Waals surface area contributed by atoms with E-state index < -0.39 is 0 Å². The SMILES string of the molecule is CCCC(C)CC(N)C(OC)c1ccccc1. The maximum absolute atomic E-state index is 6.27. The van der Waals surface area contributed by atoms with Crippen LogP contribution in [0.1, 0.15) is 44.8 Å². The molecule has 0 heterocycles. The Labute approximate surface area is 105 Å². The smallest absolute Gasteiger partial charge is 0.0971 e. The first-order chi connectivity index (χ1) is 8.19. The zero-order valence-corrected chi connectivity index (χ0v) is 11.2. The molecule has 0 saturated carbocycles. The maximum Gasteiger partial charge on any atom is 0.0971 e. The molecule has 0 fully saturated rings. The Balaban J connectivity index is 2.61. The molecule has 0 aliphatic rings. The summed E-state index contributed by atoms with van der Waals surface area (Å²) in [5, 5.41) is 0. The molecule has 96 valence electrons. The normalized spacial score (nSPS) is 16.5. The Hall–Kier alpha value is -0.860. The number of rotatable bonds is 7. The Kier molecular flexibility index (Phi) is 6.23. The average Bonchev–Trinajstić information content (AvgIpc) is 2.31. The number of hydrogen-bond acceptors (Lipinski definition) is 2. The van der Waals surface area contributed by atoms with Gasteiger partial charge in [-0.05, 0) is 17.9 Å². The minimum absolute atomic E-state index is 0.00973. The van der Waals surface area contributed by atoms with Crippen LogP contribution in [0.4, 0.5) is 0 Å². The molecule has 0 aliphatic heterocycles. The summed E-state index contributed by atoms with van der Waals surface area (Å²) in [5.74, 6) is 0.663. The number of nitrogens with two attached hydrogens (primary N) is 1. The molecule has 3 unspecified atom stereocenters. The van der Waals surface area contributed by atoms with Crippen molar-refractivity contribution in [2.24, 2.45) is 11.7 Å². The summed E-state index contributed by atoms with van der Waals surface area (Å²) in [6.07, 6.45) is 3.48. The third-order valence-electron chi connectivity index (χ3n) is 3.23. The van der Waals surface area contributed by atoms with Gasteiger partial charge >= 0.3 is 0 Å². The summed E-state index contributed by atoms with van der Waals surface area (Å²) >= 11 is 0. The molecule has 2 N–H and O–H groups in total. The summed E-state index contributed by atoms with van der Waals surface area (Å²) in [6, 6.07) is 10.3. The molecule has 1 aromatic rings. The fraction of sp³-hybridized carbons (Fsp3) is 0.600. The van der Waals surface area contributed by atoms with Crippen LogP contribution in [0.15, 0.2) is 30.3 Å². The van der Waals surface area contributed by atoms with Crippen molar-refractivity contribution in [2.75, 3.05) is 7.11 Å². The van der Waals surface area contributed by atoms with Crippen LogP contribution in [-0.2, 0) is 4.74 Å². The number of methoxy groups -OCH3 is 1. The van der Waals surface area contributed by atoms with Gasteiger partial charge in [-0.3, -0.25) is 0 Å². The highest BCUT2D eigenvalue weighted by Crippen LogP contribution is 2.24. The van der Waals surface area contributed by atoms with Gasteiger partial charge in [0, 0.05) is 13.2 Å². The summed E-state index contributed by atoms with van der Waals surface area (Å²) in [4.78, 5) is 0. The lowest BCUT2D eigenvalue weighted by atomic mass is 9.92. The minimum atomic E-state index is 0.00973. The zero-order valence-electron chi connectivity index (χ0n) is 11.2. The molecule has 0 spiro atoms. The Bertz CT molecular complexity index is 299. The Morgan fingerprint density at radius 2 is 1.88 bits per heavy atom. The average molecular weight is 235 g/mol. The molecule has 0 aromatic heterocycles. The largest absolute Gasteiger partial charge is 0.375 e. The molecule has 1 rings (SSSR count). The molecular weight excluding hydrogens is 210 g/mol. The van der Waals surface area contributed by atoms with Crippen LogP contribution in [0, 0.1) is 5.92 Å². The van der Waals surface area contributed by atoms with Crippen molar-refractivity contribution in [1.82, 2.24) is 0 Å². The molecule has 0 aliphatic carbocycles. The highest BCUT2D eigenvalue weighted by Gasteiger charge is 2.20. The number of ether oxygens (including phenoxy) is 1. The molecule has 2 nitrogen and oxygen atoms in total. The van der Waals surface area contributed by atoms with Crippen LogP contribution in [0.3, 0.4) is 0 Å². The van der Waals surface area contributed by atoms with E-state index in [-0.39, 0.29) is 12.1 Å². The van der Waals surface area contributed by atoms with Crippen molar-refractivity contribution in [2.45, 2.75) is 45.3 Å². The van der Waals surface area contributed by atoms with Gasteiger partial charge in [0.25, 0.3) is 0 Å². The molecule has 0 radical (unpaired) electrons. The fourth-order valence-corrected chi connectivity index (χ4v) is 2.40. The van der Waals surface area contributed by atoms with Gasteiger partial charge in [0.1, 0.15) is 0 Å². The Morgan fingerprint density at radius 1 is 1.24 bits per heavy atom. The van der Waals surface area contributed by atoms with E-state index in [1.54, 1.807) is 7.11 Å². The standard InChI is InChI=1S/C15H25NO/c1-4-8-12(2)11-14(16)15(17-3)13-9-6-5-7-10-13/h5-7,9-10,12,14-15H,4,8,11,16H2,1-3H3. The molecule has 2 heteroatoms. The second kappa shape index (κ2) is 7.46. The summed E-state index contributed by atoms with van der Waals surface area (Å²) in [6.45, 7) is 4.48. The van der Waals surface area contributed by atoms with Crippen LogP contribution in [-0.4, -0.2) is 13.2 Å². The number of hydrogen-bond donors (Lipinski definition) is 1. The maximum atomic E-state index is 6.27. The van der Waals surface area contributed by atoms with E-state index in [1.807, 2.05) is 18.2 Å². The van der Waals surface area contributed by atoms with E-state index in [1.165, 1.54) is 18.4 Å². The van der Waals surface area contributed by atoms with Crippen molar-refractivity contribution < 1.29 is 4.74 Å². The molecule has 3 atom stereocenters. The summed E-state index contributed by atoms with van der Waals surface area (Å²) in [7, 11) is 1.74. The fourth-order valence-electron chi connectivity index (χ4n) is 2.40. The third-order valence-corrected chi connectivity index (χ3v) is 3.23. The molecule has 0 amide bonds. The van der Waals surface area contributed by atoms with E-state index in [2.05, 4.69) is 26.0 Å². The van der Waals surface area contributed by atoms with E-state index >= 15 is 0 Å². The minimum Gasteiger partial charge on any atom is -0.375 e. The molecule has 1 aromatic carbocycles. The van der Waals surface area contributed by atoms with Gasteiger partial charge in [-0.2, -0.15) is 0 Å². The van der Waals surface area contributed by atoms with Crippen LogP contribution >= 0.6 is 0 Å². The predicted octanol–water partition coefficient (Wildman–Crippen LogP) is 3.53. The van der Waals surface area contributed by atoms with E-state index in [0.29, 0.717) is 5.92 Å². The first kappa shape index (κ1) is 14.2. The van der Waals surface area contributed by atoms with Crippen molar-refractivity contribution in [3.63, 3.8) is 0 Å². The van der Waals surface area contributed by atoms with E-state index in [9.17, 15) is 0 Å². The van der Waals surface area contributed by atoms with Crippen LogP contribution in [0.2, 0.25) is 0 Å². The summed E-state index contributed by atoms with van der Waals surface area (Å²) < 4.78 is 5.55. The van der Waals surface area contributed by atoms with Gasteiger partial charge in [-0.25, -0.2) is 0 Å². The van der Waals surface area contributed by atoms with E-state index in [0.717, 1.165) is 6.42 Å². The van der Waals surface area contributed by atoms with Gasteiger partial charge in [0.05, 0.1) is 6.10 Å². The second-order valence-electron chi connectivity index (χ2n) is 4.86. The monoisotopic (exact) mass is 235 g/mol. The topological polar surface area (TPSA) is 35.2 Å². The highest BCUT2D eigenvalue weighted by atomic mass is 16.5. The lowest BCUT2D eigenvalue weighted by molar-refractivity contribution is 0.0725. The van der Waals surface area contributed by atoms with Crippen LogP contribution < -0.4 is 5.73 Å². The molecule has 17 heavy (non-hydrogen) atoms. The predicted molar refractivity (Wildman–Crippen MR) is 72.9 cm³/mol. The number of benzene rings is 1. The van der Waals surface area contributed by atoms with Gasteiger partial charge in [-0.1, -0.05) is 57.0 Å². The van der Waals surface area contributed by atoms with Crippen molar-refractivity contribution in [3.8, 4) is 0 Å². The van der Waals surface area contributed by atoms with E-state index in [4.69, 9.17) is 10.5 Å². The third kappa shape index (κ3) is 4.49. The van der Waals surface area contributed by atoms with Gasteiger partial charge in [0.15, 0.2) is 0 Å². The van der Waals surface area contributed by atoms with Crippen molar-refractivity contribution in [1.29, 1.82) is 0 Å². The molecule has 0 bridgehead atoms.